The van der Waals surface area contributed by atoms with Crippen LogP contribution in [0.5, 0.6) is 0 Å². The molecule has 34 heavy (non-hydrogen) atoms. The molecule has 1 aromatic carbocycles. The van der Waals surface area contributed by atoms with E-state index in [1.165, 1.54) is 12.1 Å². The van der Waals surface area contributed by atoms with E-state index in [0.717, 1.165) is 31.2 Å². The molecule has 0 unspecified atom stereocenters. The summed E-state index contributed by atoms with van der Waals surface area (Å²) in [5.74, 6) is -1.35. The predicted molar refractivity (Wildman–Crippen MR) is 121 cm³/mol. The normalized spacial score (nSPS) is 17.4. The zero-order chi connectivity index (χ0) is 24.3. The Morgan fingerprint density at radius 2 is 1.88 bits per heavy atom. The van der Waals surface area contributed by atoms with Crippen LogP contribution in [0.2, 0.25) is 0 Å². The highest BCUT2D eigenvalue weighted by atomic mass is 19.4. The van der Waals surface area contributed by atoms with Crippen molar-refractivity contribution in [3.63, 3.8) is 0 Å². The lowest BCUT2D eigenvalue weighted by atomic mass is 9.92. The molecule has 0 saturated heterocycles. The number of amides is 2. The van der Waals surface area contributed by atoms with E-state index < -0.39 is 23.5 Å². The number of rotatable bonds is 6. The van der Waals surface area contributed by atoms with Crippen molar-refractivity contribution in [2.24, 2.45) is 5.73 Å². The highest BCUT2D eigenvalue weighted by Crippen LogP contribution is 2.49. The highest BCUT2D eigenvalue weighted by molar-refractivity contribution is 6.11. The number of nitrogens with one attached hydrogen (secondary N) is 1. The summed E-state index contributed by atoms with van der Waals surface area (Å²) in [6.45, 7) is 2.00. The number of benzene rings is 1. The zero-order valence-electron chi connectivity index (χ0n) is 18.7. The average molecular weight is 470 g/mol. The predicted octanol–water partition coefficient (Wildman–Crippen LogP) is 4.91. The summed E-state index contributed by atoms with van der Waals surface area (Å²) in [7, 11) is 0. The second-order valence-electron chi connectivity index (χ2n) is 9.22. The largest absolute Gasteiger partial charge is 0.411 e. The number of aryl methyl sites for hydroxylation is 1. The van der Waals surface area contributed by atoms with Gasteiger partial charge in [-0.05, 0) is 67.9 Å². The van der Waals surface area contributed by atoms with Crippen molar-refractivity contribution >= 4 is 22.8 Å². The van der Waals surface area contributed by atoms with Crippen molar-refractivity contribution in [3.05, 3.63) is 53.2 Å². The SMILES string of the molecule is CCc1cnc2c(c1)c(C(N)=O)c(-c1ccc(C(=O)NC3(C(F)(F)F)CC3)cc1)n2C1CCC1. The summed E-state index contributed by atoms with van der Waals surface area (Å²) in [4.78, 5) is 29.8. The third-order valence-electron chi connectivity index (χ3n) is 7.06. The number of halogens is 3. The summed E-state index contributed by atoms with van der Waals surface area (Å²) in [5.41, 5.74) is 7.16. The molecule has 2 aromatic heterocycles. The summed E-state index contributed by atoms with van der Waals surface area (Å²) in [6.07, 6.45) is 0.823. The van der Waals surface area contributed by atoms with Gasteiger partial charge in [-0.25, -0.2) is 4.98 Å². The number of nitrogens with two attached hydrogens (primary N) is 1. The first-order chi connectivity index (χ1) is 16.1. The summed E-state index contributed by atoms with van der Waals surface area (Å²) in [5, 5.41) is 2.83. The maximum absolute atomic E-state index is 13.2. The lowest BCUT2D eigenvalue weighted by molar-refractivity contribution is -0.163. The Kier molecular flexibility index (Phi) is 5.18. The van der Waals surface area contributed by atoms with E-state index in [9.17, 15) is 22.8 Å². The molecule has 6 nitrogen and oxygen atoms in total. The van der Waals surface area contributed by atoms with Gasteiger partial charge in [-0.3, -0.25) is 9.59 Å². The second kappa shape index (κ2) is 7.85. The Morgan fingerprint density at radius 1 is 1.21 bits per heavy atom. The second-order valence-corrected chi connectivity index (χ2v) is 9.22. The fraction of sp³-hybridized carbons (Fsp3) is 0.400. The molecule has 0 atom stereocenters. The van der Waals surface area contributed by atoms with Crippen molar-refractivity contribution < 1.29 is 22.8 Å². The van der Waals surface area contributed by atoms with E-state index in [4.69, 9.17) is 5.73 Å². The highest BCUT2D eigenvalue weighted by Gasteiger charge is 2.64. The number of fused-ring (bicyclic) bond motifs is 1. The van der Waals surface area contributed by atoms with Crippen molar-refractivity contribution in [2.75, 3.05) is 0 Å². The fourth-order valence-corrected chi connectivity index (χ4v) is 4.63. The third-order valence-corrected chi connectivity index (χ3v) is 7.06. The number of hydrogen-bond acceptors (Lipinski definition) is 3. The minimum absolute atomic E-state index is 0.115. The number of carbonyl (C=O) groups is 2. The van der Waals surface area contributed by atoms with Crippen molar-refractivity contribution in [1.82, 2.24) is 14.9 Å². The Bertz CT molecular complexity index is 1290. The Labute approximate surface area is 194 Å². The molecule has 2 fully saturated rings. The van der Waals surface area contributed by atoms with Crippen LogP contribution in [-0.4, -0.2) is 33.1 Å². The fourth-order valence-electron chi connectivity index (χ4n) is 4.63. The summed E-state index contributed by atoms with van der Waals surface area (Å²) in [6, 6.07) is 8.38. The number of alkyl halides is 3. The maximum Gasteiger partial charge on any atom is 0.411 e. The van der Waals surface area contributed by atoms with Gasteiger partial charge < -0.3 is 15.6 Å². The molecule has 0 bridgehead atoms. The molecular formula is C25H25F3N4O2. The molecule has 0 aliphatic heterocycles. The Hall–Kier alpha value is -3.36. The number of carbonyl (C=O) groups excluding carboxylic acids is 2. The van der Waals surface area contributed by atoms with Gasteiger partial charge in [-0.2, -0.15) is 13.2 Å². The van der Waals surface area contributed by atoms with Gasteiger partial charge in [0.05, 0.1) is 11.3 Å². The number of primary amides is 1. The molecule has 178 valence electrons. The van der Waals surface area contributed by atoms with Crippen LogP contribution in [0, 0.1) is 0 Å². The van der Waals surface area contributed by atoms with E-state index in [1.54, 1.807) is 18.3 Å². The van der Waals surface area contributed by atoms with E-state index in [0.29, 0.717) is 27.9 Å². The van der Waals surface area contributed by atoms with Crippen molar-refractivity contribution in [1.29, 1.82) is 0 Å². The number of hydrogen-bond donors (Lipinski definition) is 2. The minimum Gasteiger partial charge on any atom is -0.366 e. The molecule has 0 spiro atoms. The van der Waals surface area contributed by atoms with Gasteiger partial charge in [0.2, 0.25) is 0 Å². The van der Waals surface area contributed by atoms with Gasteiger partial charge >= 0.3 is 6.18 Å². The summed E-state index contributed by atoms with van der Waals surface area (Å²) < 4.78 is 41.7. The lowest BCUT2D eigenvalue weighted by Crippen LogP contribution is -2.47. The van der Waals surface area contributed by atoms with Gasteiger partial charge in [0.25, 0.3) is 11.8 Å². The van der Waals surface area contributed by atoms with Crippen LogP contribution < -0.4 is 11.1 Å². The molecular weight excluding hydrogens is 445 g/mol. The van der Waals surface area contributed by atoms with E-state index >= 15 is 0 Å². The standard InChI is InChI=1S/C25H25F3N4O2/c1-2-14-12-18-19(21(29)33)20(32(17-4-3-5-17)22(18)30-13-14)15-6-8-16(9-7-15)23(34)31-24(10-11-24)25(26,27)28/h6-9,12-13,17H,2-5,10-11H2,1H3,(H2,29,33)(H,31,34). The smallest absolute Gasteiger partial charge is 0.366 e. The number of nitrogens with zero attached hydrogens (tertiary/aromatic N) is 2. The molecule has 3 aromatic rings. The Balaban J connectivity index is 1.57. The van der Waals surface area contributed by atoms with Gasteiger partial charge in [0, 0.05) is 23.2 Å². The molecule has 0 radical (unpaired) electrons. The zero-order valence-corrected chi connectivity index (χ0v) is 18.7. The maximum atomic E-state index is 13.2. The molecule has 5 rings (SSSR count). The Morgan fingerprint density at radius 3 is 2.38 bits per heavy atom. The van der Waals surface area contributed by atoms with E-state index in [2.05, 4.69) is 14.9 Å². The molecule has 9 heteroatoms. The molecule has 2 aliphatic rings. The van der Waals surface area contributed by atoms with E-state index in [1.807, 2.05) is 13.0 Å². The topological polar surface area (TPSA) is 90.0 Å². The molecule has 2 saturated carbocycles. The monoisotopic (exact) mass is 470 g/mol. The van der Waals surface area contributed by atoms with Crippen LogP contribution >= 0.6 is 0 Å². The average Bonchev–Trinajstić information content (AvgIpc) is 3.48. The number of aromatic nitrogens is 2. The first-order valence-electron chi connectivity index (χ1n) is 11.5. The van der Waals surface area contributed by atoms with E-state index in [-0.39, 0.29) is 24.4 Å². The first-order valence-corrected chi connectivity index (χ1v) is 11.5. The molecule has 3 N–H and O–H groups in total. The van der Waals surface area contributed by atoms with Gasteiger partial charge in [0.1, 0.15) is 11.2 Å². The van der Waals surface area contributed by atoms with Crippen molar-refractivity contribution in [3.8, 4) is 11.3 Å². The quantitative estimate of drug-likeness (QED) is 0.536. The van der Waals surface area contributed by atoms with Gasteiger partial charge in [-0.15, -0.1) is 0 Å². The third kappa shape index (κ3) is 3.54. The van der Waals surface area contributed by atoms with Gasteiger partial charge in [0.15, 0.2) is 0 Å². The van der Waals surface area contributed by atoms with Crippen LogP contribution in [0.4, 0.5) is 13.2 Å². The summed E-state index contributed by atoms with van der Waals surface area (Å²) >= 11 is 0. The van der Waals surface area contributed by atoms with Crippen molar-refractivity contribution in [2.45, 2.75) is 63.2 Å². The lowest BCUT2D eigenvalue weighted by Gasteiger charge is -2.30. The van der Waals surface area contributed by atoms with Crippen LogP contribution in [0.25, 0.3) is 22.3 Å². The van der Waals surface area contributed by atoms with Crippen LogP contribution in [0.1, 0.15) is 71.3 Å². The van der Waals surface area contributed by atoms with Crippen LogP contribution in [0.3, 0.4) is 0 Å². The van der Waals surface area contributed by atoms with Crippen LogP contribution in [-0.2, 0) is 6.42 Å². The first kappa shape index (κ1) is 22.4. The molecule has 2 amide bonds. The molecule has 2 aliphatic carbocycles. The van der Waals surface area contributed by atoms with Crippen LogP contribution in [0.15, 0.2) is 36.5 Å². The van der Waals surface area contributed by atoms with Gasteiger partial charge in [-0.1, -0.05) is 19.1 Å². The molecule has 2 heterocycles. The number of pyridine rings is 1. The minimum atomic E-state index is -4.48.